The van der Waals surface area contributed by atoms with E-state index in [9.17, 15) is 4.79 Å². The molecule has 2 N–H and O–H groups in total. The summed E-state index contributed by atoms with van der Waals surface area (Å²) < 4.78 is 17.4. The van der Waals surface area contributed by atoms with Crippen LogP contribution in [0.15, 0.2) is 0 Å². The molecule has 0 aliphatic carbocycles. The maximum atomic E-state index is 11.3. The van der Waals surface area contributed by atoms with Gasteiger partial charge in [-0.05, 0) is 40.0 Å². The molecule has 7 heteroatoms. The highest BCUT2D eigenvalue weighted by molar-refractivity contribution is 6.60. The third kappa shape index (κ3) is 8.52. The van der Waals surface area contributed by atoms with Gasteiger partial charge in [-0.3, -0.25) is 4.79 Å². The quantitative estimate of drug-likeness (QED) is 0.533. The number of amides is 1. The molecule has 0 aromatic rings. The second-order valence-electron chi connectivity index (χ2n) is 5.05. The fourth-order valence-corrected chi connectivity index (χ4v) is 4.80. The number of carbonyl (C=O) groups excluding carboxylic acids is 1. The molecule has 0 rings (SSSR count). The van der Waals surface area contributed by atoms with E-state index in [0.29, 0.717) is 26.4 Å². The number of aliphatic hydroxyl groups is 1. The highest BCUT2D eigenvalue weighted by Crippen LogP contribution is 2.21. The minimum Gasteiger partial charge on any atom is -0.384 e. The van der Waals surface area contributed by atoms with E-state index in [1.165, 1.54) is 6.92 Å². The molecule has 0 heterocycles. The predicted molar refractivity (Wildman–Crippen MR) is 83.9 cm³/mol. The molecular formula is C14H31NO5Si. The first-order valence-electron chi connectivity index (χ1n) is 7.78. The van der Waals surface area contributed by atoms with E-state index in [1.54, 1.807) is 0 Å². The van der Waals surface area contributed by atoms with Crippen molar-refractivity contribution in [2.75, 3.05) is 26.4 Å². The lowest BCUT2D eigenvalue weighted by molar-refractivity contribution is -0.128. The zero-order chi connectivity index (χ0) is 16.3. The first-order chi connectivity index (χ1) is 9.90. The van der Waals surface area contributed by atoms with Crippen molar-refractivity contribution in [3.8, 4) is 0 Å². The van der Waals surface area contributed by atoms with Gasteiger partial charge in [-0.15, -0.1) is 0 Å². The van der Waals surface area contributed by atoms with Gasteiger partial charge in [0, 0.05) is 32.4 Å². The Morgan fingerprint density at radius 3 is 1.95 bits per heavy atom. The Morgan fingerprint density at radius 2 is 1.57 bits per heavy atom. The van der Waals surface area contributed by atoms with Gasteiger partial charge >= 0.3 is 8.80 Å². The van der Waals surface area contributed by atoms with Crippen LogP contribution in [0.3, 0.4) is 0 Å². The third-order valence-corrected chi connectivity index (χ3v) is 6.13. The van der Waals surface area contributed by atoms with Gasteiger partial charge in [-0.2, -0.15) is 0 Å². The van der Waals surface area contributed by atoms with E-state index >= 15 is 0 Å². The molecule has 2 atom stereocenters. The molecule has 21 heavy (non-hydrogen) atoms. The molecule has 0 radical (unpaired) electrons. The predicted octanol–water partition coefficient (Wildman–Crippen LogP) is 1.56. The summed E-state index contributed by atoms with van der Waals surface area (Å²) in [6.45, 7) is 11.5. The number of carbonyl (C=O) groups is 1. The summed E-state index contributed by atoms with van der Waals surface area (Å²) in [5.41, 5.74) is 0. The van der Waals surface area contributed by atoms with Gasteiger partial charge in [0.1, 0.15) is 6.10 Å². The Labute approximate surface area is 129 Å². The average Bonchev–Trinajstić information content (AvgIpc) is 2.43. The Bertz CT molecular complexity index is 272. The number of hydrogen-bond donors (Lipinski definition) is 2. The van der Waals surface area contributed by atoms with Crippen molar-refractivity contribution in [2.24, 2.45) is 5.92 Å². The van der Waals surface area contributed by atoms with Gasteiger partial charge < -0.3 is 23.7 Å². The third-order valence-electron chi connectivity index (χ3n) is 3.04. The Balaban J connectivity index is 4.35. The smallest absolute Gasteiger partial charge is 0.384 e. The Hall–Kier alpha value is -0.473. The molecule has 0 aliphatic heterocycles. The first kappa shape index (κ1) is 20.5. The van der Waals surface area contributed by atoms with E-state index in [2.05, 4.69) is 5.32 Å². The van der Waals surface area contributed by atoms with E-state index in [1.807, 2.05) is 27.7 Å². The van der Waals surface area contributed by atoms with E-state index in [-0.39, 0.29) is 11.8 Å². The summed E-state index contributed by atoms with van der Waals surface area (Å²) in [6, 6.07) is 0.730. The topological polar surface area (TPSA) is 77.0 Å². The number of hydrogen-bond acceptors (Lipinski definition) is 5. The molecule has 1 amide bonds. The van der Waals surface area contributed by atoms with Crippen molar-refractivity contribution in [1.29, 1.82) is 0 Å². The van der Waals surface area contributed by atoms with Crippen LogP contribution in [0.4, 0.5) is 0 Å². The van der Waals surface area contributed by atoms with Crippen molar-refractivity contribution >= 4 is 14.7 Å². The van der Waals surface area contributed by atoms with Gasteiger partial charge in [0.15, 0.2) is 0 Å². The fraction of sp³-hybridized carbons (Fsp3) is 0.929. The summed E-state index contributed by atoms with van der Waals surface area (Å²) in [4.78, 5) is 11.3. The van der Waals surface area contributed by atoms with Crippen LogP contribution >= 0.6 is 0 Å². The standard InChI is InChI=1S/C14H31NO5Si/c1-6-18-21(19-7-2,20-8-3)10-9-12(4)11-15-14(17)13(5)16/h12-13,16H,6-11H2,1-5H3,(H,15,17). The first-order valence-corrected chi connectivity index (χ1v) is 9.71. The summed E-state index contributed by atoms with van der Waals surface area (Å²) in [5.74, 6) is -0.0780. The maximum Gasteiger partial charge on any atom is 0.500 e. The van der Waals surface area contributed by atoms with Crippen LogP contribution in [0.1, 0.15) is 41.0 Å². The zero-order valence-electron chi connectivity index (χ0n) is 14.0. The van der Waals surface area contributed by atoms with Crippen molar-refractivity contribution in [2.45, 2.75) is 53.2 Å². The largest absolute Gasteiger partial charge is 0.500 e. The maximum absolute atomic E-state index is 11.3. The molecule has 126 valence electrons. The van der Waals surface area contributed by atoms with Gasteiger partial charge in [0.25, 0.3) is 0 Å². The summed E-state index contributed by atoms with van der Waals surface area (Å²) >= 11 is 0. The second kappa shape index (κ2) is 11.1. The zero-order valence-corrected chi connectivity index (χ0v) is 15.0. The monoisotopic (exact) mass is 321 g/mol. The van der Waals surface area contributed by atoms with Crippen molar-refractivity contribution in [1.82, 2.24) is 5.32 Å². The van der Waals surface area contributed by atoms with Crippen LogP contribution in [-0.4, -0.2) is 52.3 Å². The molecule has 0 saturated carbocycles. The van der Waals surface area contributed by atoms with E-state index in [4.69, 9.17) is 18.4 Å². The van der Waals surface area contributed by atoms with Crippen LogP contribution < -0.4 is 5.32 Å². The average molecular weight is 321 g/mol. The van der Waals surface area contributed by atoms with Crippen molar-refractivity contribution < 1.29 is 23.2 Å². The van der Waals surface area contributed by atoms with Gasteiger partial charge in [-0.25, -0.2) is 0 Å². The molecule has 0 saturated heterocycles. The van der Waals surface area contributed by atoms with Crippen LogP contribution in [0.2, 0.25) is 6.04 Å². The molecule has 0 aliphatic rings. The van der Waals surface area contributed by atoms with Gasteiger partial charge in [0.2, 0.25) is 5.91 Å². The Kier molecular flexibility index (Phi) is 10.9. The van der Waals surface area contributed by atoms with Crippen LogP contribution in [-0.2, 0) is 18.1 Å². The summed E-state index contributed by atoms with van der Waals surface area (Å²) in [7, 11) is -2.60. The highest BCUT2D eigenvalue weighted by Gasteiger charge is 2.40. The fourth-order valence-electron chi connectivity index (χ4n) is 1.95. The molecule has 0 spiro atoms. The molecule has 0 aromatic heterocycles. The van der Waals surface area contributed by atoms with Gasteiger partial charge in [0.05, 0.1) is 0 Å². The molecule has 6 nitrogen and oxygen atoms in total. The van der Waals surface area contributed by atoms with Gasteiger partial charge in [-0.1, -0.05) is 6.92 Å². The normalized spacial score (nSPS) is 14.8. The van der Waals surface area contributed by atoms with Crippen LogP contribution in [0.5, 0.6) is 0 Å². The SMILES string of the molecule is CCO[Si](CCC(C)CNC(=O)C(C)O)(OCC)OCC. The molecule has 0 bridgehead atoms. The lowest BCUT2D eigenvalue weighted by atomic mass is 10.1. The van der Waals surface area contributed by atoms with Crippen molar-refractivity contribution in [3.63, 3.8) is 0 Å². The number of aliphatic hydroxyl groups excluding tert-OH is 1. The van der Waals surface area contributed by atoms with E-state index < -0.39 is 14.9 Å². The van der Waals surface area contributed by atoms with Crippen LogP contribution in [0.25, 0.3) is 0 Å². The lowest BCUT2D eigenvalue weighted by Crippen LogP contribution is -2.46. The second-order valence-corrected chi connectivity index (χ2v) is 7.78. The lowest BCUT2D eigenvalue weighted by Gasteiger charge is -2.29. The Morgan fingerprint density at radius 1 is 1.10 bits per heavy atom. The number of nitrogens with one attached hydrogen (secondary N) is 1. The summed E-state index contributed by atoms with van der Waals surface area (Å²) in [5, 5.41) is 11.9. The molecule has 0 fully saturated rings. The highest BCUT2D eigenvalue weighted by atomic mass is 28.4. The molecular weight excluding hydrogens is 290 g/mol. The minimum atomic E-state index is -2.60. The molecule has 2 unspecified atom stereocenters. The number of rotatable bonds is 12. The minimum absolute atomic E-state index is 0.265. The van der Waals surface area contributed by atoms with Crippen molar-refractivity contribution in [3.05, 3.63) is 0 Å². The summed E-state index contributed by atoms with van der Waals surface area (Å²) in [6.07, 6.45) is -0.132. The van der Waals surface area contributed by atoms with E-state index in [0.717, 1.165) is 12.5 Å². The van der Waals surface area contributed by atoms with Crippen LogP contribution in [0, 0.1) is 5.92 Å². The molecule has 0 aromatic carbocycles.